The molecule has 1 amide bonds. The van der Waals surface area contributed by atoms with Gasteiger partial charge < -0.3 is 15.0 Å². The quantitative estimate of drug-likeness (QED) is 0.880. The molecule has 1 atom stereocenters. The van der Waals surface area contributed by atoms with Crippen LogP contribution in [0.5, 0.6) is 0 Å². The van der Waals surface area contributed by atoms with Crippen LogP contribution in [0.15, 0.2) is 29.1 Å². The zero-order valence-corrected chi connectivity index (χ0v) is 12.4. The summed E-state index contributed by atoms with van der Waals surface area (Å²) in [7, 11) is 0. The molecule has 1 aliphatic rings. The van der Waals surface area contributed by atoms with Crippen molar-refractivity contribution in [2.45, 2.75) is 13.3 Å². The lowest BCUT2D eigenvalue weighted by Crippen LogP contribution is -2.35. The Hall–Kier alpha value is -2.70. The van der Waals surface area contributed by atoms with Gasteiger partial charge >= 0.3 is 5.97 Å². The number of carboxylic acids is 1. The highest BCUT2D eigenvalue weighted by Gasteiger charge is 2.42. The van der Waals surface area contributed by atoms with Crippen LogP contribution in [-0.4, -0.2) is 40.0 Å². The first-order chi connectivity index (χ1) is 10.8. The maximum Gasteiger partial charge on any atom is 0.311 e. The predicted octanol–water partition coefficient (Wildman–Crippen LogP) is 1.60. The van der Waals surface area contributed by atoms with Gasteiger partial charge in [0.05, 0.1) is 11.0 Å². The van der Waals surface area contributed by atoms with Crippen molar-refractivity contribution in [3.8, 4) is 0 Å². The lowest BCUT2D eigenvalue weighted by molar-refractivity contribution is -0.147. The number of pyridine rings is 1. The third kappa shape index (κ3) is 2.58. The van der Waals surface area contributed by atoms with Crippen molar-refractivity contribution < 1.29 is 19.1 Å². The molecule has 0 saturated carbocycles. The average molecular weight is 318 g/mol. The molecule has 0 bridgehead atoms. The molecule has 1 unspecified atom stereocenters. The van der Waals surface area contributed by atoms with Crippen LogP contribution in [0.3, 0.4) is 0 Å². The van der Waals surface area contributed by atoms with Crippen LogP contribution in [-0.2, 0) is 4.79 Å². The number of aliphatic carboxylic acids is 1. The molecule has 0 spiro atoms. The van der Waals surface area contributed by atoms with E-state index >= 15 is 0 Å². The highest BCUT2D eigenvalue weighted by molar-refractivity contribution is 6.06. The van der Waals surface area contributed by atoms with E-state index in [1.54, 1.807) is 6.92 Å². The van der Waals surface area contributed by atoms with Gasteiger partial charge in [-0.25, -0.2) is 4.39 Å². The third-order valence-corrected chi connectivity index (χ3v) is 4.31. The predicted molar refractivity (Wildman–Crippen MR) is 80.8 cm³/mol. The van der Waals surface area contributed by atoms with E-state index in [0.29, 0.717) is 17.3 Å². The Labute approximate surface area is 130 Å². The molecule has 6 nitrogen and oxygen atoms in total. The molecule has 120 valence electrons. The molecule has 1 aliphatic heterocycles. The number of aromatic amines is 1. The number of fused-ring (bicyclic) bond motifs is 1. The smallest absolute Gasteiger partial charge is 0.311 e. The summed E-state index contributed by atoms with van der Waals surface area (Å²) in [5.41, 5.74) is -1.02. The summed E-state index contributed by atoms with van der Waals surface area (Å²) < 4.78 is 13.5. The molecule has 23 heavy (non-hydrogen) atoms. The Morgan fingerprint density at radius 1 is 1.35 bits per heavy atom. The number of nitrogens with one attached hydrogen (secondary N) is 1. The summed E-state index contributed by atoms with van der Waals surface area (Å²) in [6.45, 7) is 1.92. The van der Waals surface area contributed by atoms with Gasteiger partial charge in [0.1, 0.15) is 5.82 Å². The molecule has 2 heterocycles. The zero-order chi connectivity index (χ0) is 16.8. The topological polar surface area (TPSA) is 90.5 Å². The number of hydrogen-bond donors (Lipinski definition) is 2. The molecule has 1 saturated heterocycles. The number of carbonyl (C=O) groups excluding carboxylic acids is 1. The van der Waals surface area contributed by atoms with E-state index in [1.165, 1.54) is 23.1 Å². The van der Waals surface area contributed by atoms with Gasteiger partial charge in [-0.15, -0.1) is 0 Å². The molecular formula is C16H15FN2O4. The minimum absolute atomic E-state index is 0.0603. The largest absolute Gasteiger partial charge is 0.481 e. The van der Waals surface area contributed by atoms with Crippen LogP contribution in [0.25, 0.3) is 10.9 Å². The number of carbonyl (C=O) groups is 2. The number of benzene rings is 1. The minimum Gasteiger partial charge on any atom is -0.481 e. The maximum atomic E-state index is 13.5. The molecule has 1 aromatic carbocycles. The first kappa shape index (κ1) is 15.2. The van der Waals surface area contributed by atoms with Gasteiger partial charge in [0.2, 0.25) is 5.56 Å². The van der Waals surface area contributed by atoms with Crippen molar-refractivity contribution in [2.75, 3.05) is 13.1 Å². The van der Waals surface area contributed by atoms with Crippen molar-refractivity contribution in [3.05, 3.63) is 46.0 Å². The fourth-order valence-corrected chi connectivity index (χ4v) is 2.88. The molecule has 7 heteroatoms. The van der Waals surface area contributed by atoms with Crippen LogP contribution in [0.4, 0.5) is 4.39 Å². The molecule has 2 aromatic rings. The number of hydrogen-bond acceptors (Lipinski definition) is 3. The van der Waals surface area contributed by atoms with Gasteiger partial charge in [-0.2, -0.15) is 0 Å². The van der Waals surface area contributed by atoms with E-state index in [-0.39, 0.29) is 18.7 Å². The van der Waals surface area contributed by atoms with Crippen LogP contribution in [0.1, 0.15) is 23.7 Å². The van der Waals surface area contributed by atoms with E-state index in [0.717, 1.165) is 6.07 Å². The number of aromatic nitrogens is 1. The zero-order valence-electron chi connectivity index (χ0n) is 12.4. The second-order valence-corrected chi connectivity index (χ2v) is 6.08. The fraction of sp³-hybridized carbons (Fsp3) is 0.312. The minimum atomic E-state index is -1.00. The highest BCUT2D eigenvalue weighted by Crippen LogP contribution is 2.31. The number of likely N-dealkylation sites (tertiary alicyclic amines) is 1. The number of carboxylic acid groups (broad SMARTS) is 1. The number of halogens is 1. The number of nitrogens with zero attached hydrogens (tertiary/aromatic N) is 1. The molecule has 3 rings (SSSR count). The van der Waals surface area contributed by atoms with Gasteiger partial charge in [0.15, 0.2) is 0 Å². The van der Waals surface area contributed by atoms with Crippen LogP contribution < -0.4 is 5.56 Å². The lowest BCUT2D eigenvalue weighted by Gasteiger charge is -2.20. The Morgan fingerprint density at radius 2 is 2.09 bits per heavy atom. The Kier molecular flexibility index (Phi) is 3.43. The van der Waals surface area contributed by atoms with Crippen molar-refractivity contribution in [2.24, 2.45) is 5.41 Å². The summed E-state index contributed by atoms with van der Waals surface area (Å²) in [6, 6.07) is 4.91. The summed E-state index contributed by atoms with van der Waals surface area (Å²) >= 11 is 0. The first-order valence-corrected chi connectivity index (χ1v) is 7.15. The molecule has 2 N–H and O–H groups in total. The van der Waals surface area contributed by atoms with E-state index in [1.807, 2.05) is 0 Å². The second kappa shape index (κ2) is 5.19. The number of amides is 1. The summed E-state index contributed by atoms with van der Waals surface area (Å²) in [5.74, 6) is -1.94. The molecule has 1 aromatic heterocycles. The molecule has 0 aliphatic carbocycles. The number of rotatable bonds is 2. The first-order valence-electron chi connectivity index (χ1n) is 7.15. The van der Waals surface area contributed by atoms with Crippen LogP contribution in [0.2, 0.25) is 0 Å². The second-order valence-electron chi connectivity index (χ2n) is 6.08. The average Bonchev–Trinajstić information content (AvgIpc) is 2.90. The van der Waals surface area contributed by atoms with Gasteiger partial charge in [0, 0.05) is 30.1 Å². The SMILES string of the molecule is CC1(C(=O)O)CCN(C(=O)c2cc(=O)[nH]c3ccc(F)cc23)C1. The van der Waals surface area contributed by atoms with Gasteiger partial charge in [0.25, 0.3) is 5.91 Å². The van der Waals surface area contributed by atoms with Crippen LogP contribution >= 0.6 is 0 Å². The van der Waals surface area contributed by atoms with E-state index in [4.69, 9.17) is 0 Å². The lowest BCUT2D eigenvalue weighted by atomic mass is 9.90. The third-order valence-electron chi connectivity index (χ3n) is 4.31. The highest BCUT2D eigenvalue weighted by atomic mass is 19.1. The number of H-pyrrole nitrogens is 1. The van der Waals surface area contributed by atoms with Crippen molar-refractivity contribution >= 4 is 22.8 Å². The summed E-state index contributed by atoms with van der Waals surface area (Å²) in [6.07, 6.45) is 0.337. The Balaban J connectivity index is 2.04. The van der Waals surface area contributed by atoms with Crippen molar-refractivity contribution in [1.82, 2.24) is 9.88 Å². The van der Waals surface area contributed by atoms with E-state index < -0.39 is 28.7 Å². The maximum absolute atomic E-state index is 13.5. The van der Waals surface area contributed by atoms with E-state index in [9.17, 15) is 23.9 Å². The van der Waals surface area contributed by atoms with Gasteiger partial charge in [-0.1, -0.05) is 0 Å². The van der Waals surface area contributed by atoms with E-state index in [2.05, 4.69) is 4.98 Å². The fourth-order valence-electron chi connectivity index (χ4n) is 2.88. The monoisotopic (exact) mass is 318 g/mol. The summed E-state index contributed by atoms with van der Waals surface area (Å²) in [4.78, 5) is 39.7. The van der Waals surface area contributed by atoms with Gasteiger partial charge in [-0.05, 0) is 31.5 Å². The van der Waals surface area contributed by atoms with Crippen LogP contribution in [0, 0.1) is 11.2 Å². The molecular weight excluding hydrogens is 303 g/mol. The molecule has 1 fully saturated rings. The normalized spacial score (nSPS) is 20.9. The molecule has 0 radical (unpaired) electrons. The summed E-state index contributed by atoms with van der Waals surface area (Å²) in [5, 5.41) is 9.56. The van der Waals surface area contributed by atoms with Crippen molar-refractivity contribution in [1.29, 1.82) is 0 Å². The van der Waals surface area contributed by atoms with Gasteiger partial charge in [-0.3, -0.25) is 14.4 Å². The Bertz CT molecular complexity index is 876. The standard InChI is InChI=1S/C16H15FN2O4/c1-16(15(22)23)4-5-19(8-16)14(21)11-7-13(20)18-12-3-2-9(17)6-10(11)12/h2-3,6-7H,4-5,8H2,1H3,(H,18,20)(H,22,23). The van der Waals surface area contributed by atoms with Crippen molar-refractivity contribution in [3.63, 3.8) is 0 Å². The Morgan fingerprint density at radius 3 is 2.74 bits per heavy atom.